The maximum absolute atomic E-state index is 14.7. The zero-order valence-electron chi connectivity index (χ0n) is 18.4. The molecule has 0 saturated carbocycles. The van der Waals surface area contributed by atoms with Crippen molar-refractivity contribution in [3.63, 3.8) is 0 Å². The quantitative estimate of drug-likeness (QED) is 0.408. The molecular weight excluding hydrogens is 506 g/mol. The first-order chi connectivity index (χ1) is 16.9. The Bertz CT molecular complexity index is 1370. The molecule has 0 aliphatic heterocycles. The fraction of sp³-hybridized carbons (Fsp3) is 0.167. The van der Waals surface area contributed by atoms with Crippen LogP contribution in [0.3, 0.4) is 0 Å². The molecule has 1 aromatic heterocycles. The summed E-state index contributed by atoms with van der Waals surface area (Å²) in [5, 5.41) is 18.2. The topological polar surface area (TPSA) is 104 Å². The minimum atomic E-state index is -4.77. The highest BCUT2D eigenvalue weighted by molar-refractivity contribution is 6.33. The van der Waals surface area contributed by atoms with Gasteiger partial charge < -0.3 is 14.7 Å². The molecule has 7 nitrogen and oxygen atoms in total. The molecule has 3 rings (SSSR count). The Kier molecular flexibility index (Phi) is 7.80. The van der Waals surface area contributed by atoms with Gasteiger partial charge in [0.15, 0.2) is 5.82 Å². The summed E-state index contributed by atoms with van der Waals surface area (Å²) in [7, 11) is 1.26. The third-order valence-electron chi connectivity index (χ3n) is 4.98. The number of carbonyl (C=O) groups excluding carboxylic acids is 1. The highest BCUT2D eigenvalue weighted by Gasteiger charge is 2.33. The van der Waals surface area contributed by atoms with E-state index in [1.165, 1.54) is 37.4 Å². The Labute approximate surface area is 207 Å². The maximum Gasteiger partial charge on any atom is 0.433 e. The number of rotatable bonds is 7. The molecule has 1 N–H and O–H groups in total. The van der Waals surface area contributed by atoms with Crippen LogP contribution in [0.5, 0.6) is 5.75 Å². The van der Waals surface area contributed by atoms with Gasteiger partial charge in [-0.2, -0.15) is 18.4 Å². The number of aliphatic carboxylic acids is 1. The molecule has 186 valence electrons. The number of alkyl halides is 3. The van der Waals surface area contributed by atoms with Crippen molar-refractivity contribution in [1.82, 2.24) is 4.98 Å². The van der Waals surface area contributed by atoms with Gasteiger partial charge >= 0.3 is 12.1 Å². The average Bonchev–Trinajstić information content (AvgIpc) is 2.82. The summed E-state index contributed by atoms with van der Waals surface area (Å²) in [6, 6.07) is 9.90. The third kappa shape index (κ3) is 5.72. The number of para-hydroxylation sites is 1. The number of carbonyl (C=O) groups is 2. The van der Waals surface area contributed by atoms with Crippen molar-refractivity contribution in [3.8, 4) is 22.9 Å². The van der Waals surface area contributed by atoms with Crippen molar-refractivity contribution in [2.24, 2.45) is 0 Å². The summed E-state index contributed by atoms with van der Waals surface area (Å²) in [4.78, 5) is 28.3. The van der Waals surface area contributed by atoms with E-state index in [2.05, 4.69) is 4.98 Å². The number of nitriles is 1. The molecule has 0 aliphatic carbocycles. The Balaban J connectivity index is 2.00. The summed E-state index contributed by atoms with van der Waals surface area (Å²) in [5.74, 6) is -2.74. The summed E-state index contributed by atoms with van der Waals surface area (Å²) in [6.07, 6.45) is -4.28. The molecule has 0 bridgehead atoms. The van der Waals surface area contributed by atoms with Crippen molar-refractivity contribution in [1.29, 1.82) is 5.26 Å². The second-order valence-corrected chi connectivity index (χ2v) is 7.77. The number of benzene rings is 2. The van der Waals surface area contributed by atoms with Crippen LogP contribution in [0.2, 0.25) is 5.02 Å². The summed E-state index contributed by atoms with van der Waals surface area (Å²) in [5.41, 5.74) is -1.86. The normalized spacial score (nSPS) is 11.0. The van der Waals surface area contributed by atoms with Gasteiger partial charge in [0, 0.05) is 35.0 Å². The predicted molar refractivity (Wildman–Crippen MR) is 121 cm³/mol. The summed E-state index contributed by atoms with van der Waals surface area (Å²) < 4.78 is 59.0. The minimum absolute atomic E-state index is 0.0274. The fourth-order valence-electron chi connectivity index (χ4n) is 3.26. The van der Waals surface area contributed by atoms with Crippen molar-refractivity contribution >= 4 is 29.2 Å². The highest BCUT2D eigenvalue weighted by Crippen LogP contribution is 2.36. The number of halogens is 5. The van der Waals surface area contributed by atoms with Crippen LogP contribution in [0.25, 0.3) is 11.1 Å². The van der Waals surface area contributed by atoms with Crippen LogP contribution >= 0.6 is 11.6 Å². The van der Waals surface area contributed by atoms with E-state index in [0.29, 0.717) is 6.07 Å². The Morgan fingerprint density at radius 2 is 1.92 bits per heavy atom. The van der Waals surface area contributed by atoms with Crippen LogP contribution in [0, 0.1) is 17.1 Å². The van der Waals surface area contributed by atoms with Gasteiger partial charge in [0.2, 0.25) is 0 Å². The molecule has 1 amide bonds. The Hall–Kier alpha value is -4.17. The number of hydrogen-bond donors (Lipinski definition) is 1. The SMILES string of the molecule is CN(C(=O)c1ccc(Cl)c(-c2cnc(C(F)(F)F)cc2C#N)c1)c1c(F)cccc1OCCC(=O)O. The zero-order chi connectivity index (χ0) is 26.6. The monoisotopic (exact) mass is 521 g/mol. The molecule has 12 heteroatoms. The highest BCUT2D eigenvalue weighted by atomic mass is 35.5. The lowest BCUT2D eigenvalue weighted by Crippen LogP contribution is -2.28. The first kappa shape index (κ1) is 26.4. The predicted octanol–water partition coefficient (Wildman–Crippen LogP) is 5.56. The molecule has 0 radical (unpaired) electrons. The number of carboxylic acids is 1. The van der Waals surface area contributed by atoms with Crippen LogP contribution in [-0.2, 0) is 11.0 Å². The van der Waals surface area contributed by atoms with E-state index in [1.807, 2.05) is 0 Å². The second kappa shape index (κ2) is 10.6. The van der Waals surface area contributed by atoms with E-state index in [1.54, 1.807) is 6.07 Å². The van der Waals surface area contributed by atoms with Gasteiger partial charge in [0.25, 0.3) is 5.91 Å². The van der Waals surface area contributed by atoms with E-state index in [0.717, 1.165) is 17.2 Å². The van der Waals surface area contributed by atoms with Gasteiger partial charge in [-0.25, -0.2) is 4.39 Å². The number of ether oxygens (including phenoxy) is 1. The second-order valence-electron chi connectivity index (χ2n) is 7.36. The number of amides is 1. The molecular formula is C24H16ClF4N3O4. The molecule has 0 aliphatic rings. The van der Waals surface area contributed by atoms with E-state index >= 15 is 0 Å². The van der Waals surface area contributed by atoms with Crippen molar-refractivity contribution < 1.29 is 37.0 Å². The summed E-state index contributed by atoms with van der Waals surface area (Å²) in [6.45, 7) is -0.267. The molecule has 0 spiro atoms. The van der Waals surface area contributed by atoms with Gasteiger partial charge in [-0.15, -0.1) is 0 Å². The molecule has 0 atom stereocenters. The number of hydrogen-bond acceptors (Lipinski definition) is 5. The van der Waals surface area contributed by atoms with E-state index in [9.17, 15) is 32.4 Å². The van der Waals surface area contributed by atoms with E-state index in [4.69, 9.17) is 21.4 Å². The van der Waals surface area contributed by atoms with Crippen molar-refractivity contribution in [3.05, 3.63) is 76.3 Å². The van der Waals surface area contributed by atoms with Crippen LogP contribution in [0.1, 0.15) is 28.0 Å². The molecule has 2 aromatic carbocycles. The first-order valence-corrected chi connectivity index (χ1v) is 10.5. The first-order valence-electron chi connectivity index (χ1n) is 10.1. The number of aromatic nitrogens is 1. The summed E-state index contributed by atoms with van der Waals surface area (Å²) >= 11 is 6.21. The maximum atomic E-state index is 14.7. The number of pyridine rings is 1. The molecule has 0 fully saturated rings. The molecule has 0 unspecified atom stereocenters. The van der Waals surface area contributed by atoms with Gasteiger partial charge in [-0.1, -0.05) is 17.7 Å². The van der Waals surface area contributed by atoms with Gasteiger partial charge in [-0.05, 0) is 36.4 Å². The zero-order valence-corrected chi connectivity index (χ0v) is 19.2. The molecule has 0 saturated heterocycles. The number of anilines is 1. The van der Waals surface area contributed by atoms with E-state index < -0.39 is 29.6 Å². The largest absolute Gasteiger partial charge is 0.491 e. The lowest BCUT2D eigenvalue weighted by molar-refractivity contribution is -0.141. The smallest absolute Gasteiger partial charge is 0.433 e. The number of carboxylic acid groups (broad SMARTS) is 1. The molecule has 3 aromatic rings. The van der Waals surface area contributed by atoms with Crippen LogP contribution in [0.15, 0.2) is 48.7 Å². The lowest BCUT2D eigenvalue weighted by Gasteiger charge is -2.22. The average molecular weight is 522 g/mol. The minimum Gasteiger partial charge on any atom is -0.491 e. The molecule has 1 heterocycles. The lowest BCUT2D eigenvalue weighted by atomic mass is 9.99. The van der Waals surface area contributed by atoms with Gasteiger partial charge in [-0.3, -0.25) is 14.6 Å². The standard InChI is InChI=1S/C24H16ClF4N3O4/c1-32(22-18(26)3-2-4-19(22)36-8-7-21(33)34)23(35)13-5-6-17(25)15(9-13)16-12-31-20(24(27,28)29)10-14(16)11-30/h2-6,9-10,12H,7-8H2,1H3,(H,33,34). The van der Waals surface area contributed by atoms with Crippen LogP contribution in [0.4, 0.5) is 23.2 Å². The van der Waals surface area contributed by atoms with Crippen LogP contribution in [-0.4, -0.2) is 35.6 Å². The Morgan fingerprint density at radius 3 is 2.56 bits per heavy atom. The molecule has 36 heavy (non-hydrogen) atoms. The van der Waals surface area contributed by atoms with Crippen LogP contribution < -0.4 is 9.64 Å². The van der Waals surface area contributed by atoms with Gasteiger partial charge in [0.1, 0.15) is 17.1 Å². The Morgan fingerprint density at radius 1 is 1.19 bits per heavy atom. The van der Waals surface area contributed by atoms with Crippen molar-refractivity contribution in [2.45, 2.75) is 12.6 Å². The third-order valence-corrected chi connectivity index (χ3v) is 5.31. The van der Waals surface area contributed by atoms with E-state index in [-0.39, 0.29) is 51.7 Å². The fourth-order valence-corrected chi connectivity index (χ4v) is 3.48. The van der Waals surface area contributed by atoms with Gasteiger partial charge in [0.05, 0.1) is 24.7 Å². The van der Waals surface area contributed by atoms with Crippen molar-refractivity contribution in [2.75, 3.05) is 18.6 Å². The number of nitrogens with zero attached hydrogens (tertiary/aromatic N) is 3.